The molecule has 5 nitrogen and oxygen atoms in total. The van der Waals surface area contributed by atoms with Crippen molar-refractivity contribution in [3.05, 3.63) is 108 Å². The number of hydrogen-bond donors (Lipinski definition) is 2. The van der Waals surface area contributed by atoms with Crippen molar-refractivity contribution in [3.63, 3.8) is 0 Å². The Hall–Kier alpha value is -4.03. The molecule has 2 aromatic heterocycles. The Morgan fingerprint density at radius 3 is 2.53 bits per heavy atom. The van der Waals surface area contributed by atoms with Crippen LogP contribution < -0.4 is 10.1 Å². The molecule has 2 N–H and O–H groups in total. The topological polar surface area (TPSA) is 67.3 Å². The molecule has 6 heteroatoms. The van der Waals surface area contributed by atoms with Crippen molar-refractivity contribution in [3.8, 4) is 11.5 Å². The summed E-state index contributed by atoms with van der Waals surface area (Å²) in [6.07, 6.45) is 1.76. The van der Waals surface area contributed by atoms with Gasteiger partial charge in [0.1, 0.15) is 18.1 Å². The van der Waals surface area contributed by atoms with Crippen molar-refractivity contribution in [2.45, 2.75) is 23.3 Å². The molecule has 0 aliphatic carbocycles. The lowest BCUT2D eigenvalue weighted by molar-refractivity contribution is 0.306. The van der Waals surface area contributed by atoms with Crippen LogP contribution in [-0.2, 0) is 6.61 Å². The van der Waals surface area contributed by atoms with Crippen LogP contribution >= 0.6 is 11.8 Å². The molecule has 5 aromatic rings. The molecule has 0 radical (unpaired) electrons. The number of rotatable bonds is 7. The van der Waals surface area contributed by atoms with Crippen LogP contribution in [0.2, 0.25) is 0 Å². The van der Waals surface area contributed by atoms with E-state index in [4.69, 9.17) is 4.74 Å². The number of aryl methyl sites for hydroxylation is 1. The largest absolute Gasteiger partial charge is 0.508 e. The third-order valence-electron chi connectivity index (χ3n) is 5.28. The summed E-state index contributed by atoms with van der Waals surface area (Å²) in [5.41, 5.74) is 4.58. The molecular weight excluding hydrogens is 442 g/mol. The summed E-state index contributed by atoms with van der Waals surface area (Å²) in [7, 11) is 0. The third kappa shape index (κ3) is 5.13. The Labute approximate surface area is 202 Å². The van der Waals surface area contributed by atoms with Gasteiger partial charge in [-0.3, -0.25) is 0 Å². The van der Waals surface area contributed by atoms with Gasteiger partial charge >= 0.3 is 0 Å². The number of nitrogens with zero attached hydrogens (tertiary/aromatic N) is 2. The lowest BCUT2D eigenvalue weighted by Gasteiger charge is -2.16. The van der Waals surface area contributed by atoms with Gasteiger partial charge in [0, 0.05) is 33.1 Å². The van der Waals surface area contributed by atoms with Crippen LogP contribution in [0.3, 0.4) is 0 Å². The maximum atomic E-state index is 9.63. The summed E-state index contributed by atoms with van der Waals surface area (Å²) < 4.78 is 6.09. The zero-order valence-corrected chi connectivity index (χ0v) is 19.4. The molecule has 34 heavy (non-hydrogen) atoms. The summed E-state index contributed by atoms with van der Waals surface area (Å²) >= 11 is 1.61. The van der Waals surface area contributed by atoms with Crippen molar-refractivity contribution in [1.29, 1.82) is 0 Å². The molecular formula is C28H23N3O2S. The molecule has 168 valence electrons. The van der Waals surface area contributed by atoms with Gasteiger partial charge in [-0.2, -0.15) is 0 Å². The standard InChI is InChI=1S/C28H23N3O2S/c1-19-7-13-24-25(15-16-29-28(24)30-19)31-26-17-22(33-18-20-5-3-2-4-6-20)10-14-27(26)34-23-11-8-21(32)9-12-23/h2-17,32H,18H2,1H3,(H,29,30,31). The SMILES string of the molecule is Cc1ccc2c(Nc3cc(OCc4ccccc4)ccc3Sc3ccc(O)cc3)ccnc2n1. The van der Waals surface area contributed by atoms with Crippen molar-refractivity contribution in [2.75, 3.05) is 5.32 Å². The number of ether oxygens (including phenoxy) is 1. The number of phenols is 1. The first-order valence-corrected chi connectivity index (χ1v) is 11.7. The fourth-order valence-corrected chi connectivity index (χ4v) is 4.43. The molecule has 0 atom stereocenters. The molecule has 0 saturated carbocycles. The van der Waals surface area contributed by atoms with E-state index in [1.165, 1.54) is 0 Å². The van der Waals surface area contributed by atoms with E-state index in [9.17, 15) is 5.11 Å². The monoisotopic (exact) mass is 465 g/mol. The minimum atomic E-state index is 0.249. The number of aromatic nitrogens is 2. The lowest BCUT2D eigenvalue weighted by Crippen LogP contribution is -1.99. The number of anilines is 2. The number of phenolic OH excluding ortho intramolecular Hbond substituents is 1. The summed E-state index contributed by atoms with van der Waals surface area (Å²) in [5.74, 6) is 1.02. The third-order valence-corrected chi connectivity index (χ3v) is 6.36. The predicted molar refractivity (Wildman–Crippen MR) is 137 cm³/mol. The summed E-state index contributed by atoms with van der Waals surface area (Å²) in [6.45, 7) is 2.45. The summed E-state index contributed by atoms with van der Waals surface area (Å²) in [4.78, 5) is 11.0. The number of fused-ring (bicyclic) bond motifs is 1. The second-order valence-electron chi connectivity index (χ2n) is 7.84. The zero-order valence-electron chi connectivity index (χ0n) is 18.6. The number of benzene rings is 3. The normalized spacial score (nSPS) is 10.9. The first-order valence-electron chi connectivity index (χ1n) is 10.9. The quantitative estimate of drug-likeness (QED) is 0.267. The van der Waals surface area contributed by atoms with E-state index in [-0.39, 0.29) is 5.75 Å². The zero-order chi connectivity index (χ0) is 23.3. The Morgan fingerprint density at radius 1 is 0.882 bits per heavy atom. The Balaban J connectivity index is 1.48. The number of aromatic hydroxyl groups is 1. The molecule has 0 bridgehead atoms. The first kappa shape index (κ1) is 21.8. The molecule has 2 heterocycles. The van der Waals surface area contributed by atoms with Gasteiger partial charge in [0.05, 0.1) is 11.4 Å². The average Bonchev–Trinajstić information content (AvgIpc) is 2.86. The smallest absolute Gasteiger partial charge is 0.161 e. The fourth-order valence-electron chi connectivity index (χ4n) is 3.55. The molecule has 0 aliphatic heterocycles. The van der Waals surface area contributed by atoms with Crippen molar-refractivity contribution < 1.29 is 9.84 Å². The molecule has 0 spiro atoms. The predicted octanol–water partition coefficient (Wildman–Crippen LogP) is 7.12. The highest BCUT2D eigenvalue weighted by Crippen LogP contribution is 2.38. The van der Waals surface area contributed by atoms with Gasteiger partial charge in [0.25, 0.3) is 0 Å². The van der Waals surface area contributed by atoms with E-state index in [1.807, 2.05) is 85.8 Å². The van der Waals surface area contributed by atoms with Gasteiger partial charge in [0.2, 0.25) is 0 Å². The second kappa shape index (κ2) is 9.85. The highest BCUT2D eigenvalue weighted by Gasteiger charge is 2.11. The molecule has 0 unspecified atom stereocenters. The molecule has 5 rings (SSSR count). The van der Waals surface area contributed by atoms with Crippen LogP contribution in [-0.4, -0.2) is 15.1 Å². The Bertz CT molecular complexity index is 1420. The van der Waals surface area contributed by atoms with Gasteiger partial charge in [-0.1, -0.05) is 42.1 Å². The van der Waals surface area contributed by atoms with Crippen LogP contribution in [0.25, 0.3) is 11.0 Å². The number of hydrogen-bond acceptors (Lipinski definition) is 6. The van der Waals surface area contributed by atoms with Gasteiger partial charge in [-0.05, 0) is 67.1 Å². The van der Waals surface area contributed by atoms with Gasteiger partial charge < -0.3 is 15.2 Å². The molecule has 0 aliphatic rings. The highest BCUT2D eigenvalue weighted by atomic mass is 32.2. The fraction of sp³-hybridized carbons (Fsp3) is 0.0714. The van der Waals surface area contributed by atoms with E-state index in [1.54, 1.807) is 30.1 Å². The molecule has 3 aromatic carbocycles. The lowest BCUT2D eigenvalue weighted by atomic mass is 10.2. The van der Waals surface area contributed by atoms with Gasteiger partial charge in [0.15, 0.2) is 5.65 Å². The van der Waals surface area contributed by atoms with Gasteiger partial charge in [-0.25, -0.2) is 9.97 Å². The Kier molecular flexibility index (Phi) is 6.31. The minimum absolute atomic E-state index is 0.249. The van der Waals surface area contributed by atoms with Crippen molar-refractivity contribution in [2.24, 2.45) is 0 Å². The van der Waals surface area contributed by atoms with Crippen LogP contribution in [0.1, 0.15) is 11.3 Å². The van der Waals surface area contributed by atoms with Crippen LogP contribution in [0.4, 0.5) is 11.4 Å². The van der Waals surface area contributed by atoms with Crippen LogP contribution in [0.15, 0.2) is 107 Å². The first-order chi connectivity index (χ1) is 16.6. The van der Waals surface area contributed by atoms with Gasteiger partial charge in [-0.15, -0.1) is 0 Å². The molecule has 0 fully saturated rings. The number of pyridine rings is 2. The average molecular weight is 466 g/mol. The van der Waals surface area contributed by atoms with E-state index < -0.39 is 0 Å². The van der Waals surface area contributed by atoms with E-state index in [0.29, 0.717) is 12.3 Å². The van der Waals surface area contributed by atoms with Crippen molar-refractivity contribution >= 4 is 34.2 Å². The maximum absolute atomic E-state index is 9.63. The Morgan fingerprint density at radius 2 is 1.71 bits per heavy atom. The highest BCUT2D eigenvalue weighted by molar-refractivity contribution is 7.99. The maximum Gasteiger partial charge on any atom is 0.161 e. The minimum Gasteiger partial charge on any atom is -0.508 e. The van der Waals surface area contributed by atoms with E-state index >= 15 is 0 Å². The number of nitrogens with one attached hydrogen (secondary N) is 1. The molecule has 0 amide bonds. The van der Waals surface area contributed by atoms with E-state index in [2.05, 4.69) is 15.3 Å². The molecule has 0 saturated heterocycles. The van der Waals surface area contributed by atoms with Crippen molar-refractivity contribution in [1.82, 2.24) is 9.97 Å². The summed E-state index contributed by atoms with van der Waals surface area (Å²) in [6, 6.07) is 29.3. The van der Waals surface area contributed by atoms with Crippen LogP contribution in [0, 0.1) is 6.92 Å². The van der Waals surface area contributed by atoms with E-state index in [0.717, 1.165) is 43.6 Å². The second-order valence-corrected chi connectivity index (χ2v) is 8.95. The summed E-state index contributed by atoms with van der Waals surface area (Å²) in [5, 5.41) is 14.2. The van der Waals surface area contributed by atoms with Crippen LogP contribution in [0.5, 0.6) is 11.5 Å².